The van der Waals surface area contributed by atoms with E-state index in [4.69, 9.17) is 4.74 Å². The first-order chi connectivity index (χ1) is 13.1. The van der Waals surface area contributed by atoms with Crippen LogP contribution in [-0.4, -0.2) is 45.7 Å². The van der Waals surface area contributed by atoms with Gasteiger partial charge >= 0.3 is 0 Å². The number of hydrogen-bond acceptors (Lipinski definition) is 4. The van der Waals surface area contributed by atoms with E-state index in [0.717, 1.165) is 48.1 Å². The fourth-order valence-electron chi connectivity index (χ4n) is 2.56. The van der Waals surface area contributed by atoms with E-state index in [9.17, 15) is 4.79 Å². The molecular formula is C20H29IN4O2S. The molecule has 1 heterocycles. The summed E-state index contributed by atoms with van der Waals surface area (Å²) in [6.45, 7) is 4.18. The maximum atomic E-state index is 11.8. The molecule has 1 aromatic heterocycles. The highest BCUT2D eigenvalue weighted by Gasteiger charge is 2.05. The van der Waals surface area contributed by atoms with Gasteiger partial charge in [0, 0.05) is 26.7 Å². The van der Waals surface area contributed by atoms with Crippen LogP contribution in [-0.2, 0) is 6.42 Å². The molecule has 0 radical (unpaired) electrons. The van der Waals surface area contributed by atoms with Crippen molar-refractivity contribution >= 4 is 47.2 Å². The largest absolute Gasteiger partial charge is 0.496 e. The molecule has 0 aliphatic heterocycles. The first kappa shape index (κ1) is 24.2. The predicted molar refractivity (Wildman–Crippen MR) is 127 cm³/mol. The minimum atomic E-state index is -0.0129. The minimum absolute atomic E-state index is 0. The molecule has 2 aromatic rings. The van der Waals surface area contributed by atoms with Gasteiger partial charge in [-0.3, -0.25) is 9.79 Å². The van der Waals surface area contributed by atoms with Gasteiger partial charge < -0.3 is 20.7 Å². The molecule has 0 spiro atoms. The highest BCUT2D eigenvalue weighted by molar-refractivity contribution is 14.0. The van der Waals surface area contributed by atoms with Gasteiger partial charge in [-0.2, -0.15) is 0 Å². The van der Waals surface area contributed by atoms with Crippen molar-refractivity contribution in [2.45, 2.75) is 19.8 Å². The molecule has 154 valence electrons. The Labute approximate surface area is 188 Å². The van der Waals surface area contributed by atoms with Gasteiger partial charge in [0.1, 0.15) is 5.75 Å². The molecule has 0 fully saturated rings. The van der Waals surface area contributed by atoms with Crippen molar-refractivity contribution in [3.8, 4) is 5.75 Å². The molecule has 28 heavy (non-hydrogen) atoms. The van der Waals surface area contributed by atoms with Gasteiger partial charge in [0.2, 0.25) is 0 Å². The van der Waals surface area contributed by atoms with Gasteiger partial charge in [-0.15, -0.1) is 35.3 Å². The van der Waals surface area contributed by atoms with Gasteiger partial charge in [-0.25, -0.2) is 0 Å². The molecule has 0 bridgehead atoms. The number of carbonyl (C=O) groups is 1. The van der Waals surface area contributed by atoms with Crippen molar-refractivity contribution in [3.63, 3.8) is 0 Å². The fraction of sp³-hybridized carbons (Fsp3) is 0.400. The lowest BCUT2D eigenvalue weighted by molar-refractivity contribution is 0.0957. The SMILES string of the molecule is CN=C(NCCCNC(=O)c1cccs1)NCCc1ccc(C)c(OC)c1.I. The van der Waals surface area contributed by atoms with E-state index in [1.165, 1.54) is 16.9 Å². The zero-order valence-electron chi connectivity index (χ0n) is 16.6. The summed E-state index contributed by atoms with van der Waals surface area (Å²) >= 11 is 1.45. The number of halogens is 1. The molecule has 1 aromatic carbocycles. The van der Waals surface area contributed by atoms with Gasteiger partial charge in [-0.05, 0) is 48.4 Å². The smallest absolute Gasteiger partial charge is 0.261 e. The number of guanidine groups is 1. The Morgan fingerprint density at radius 1 is 1.14 bits per heavy atom. The summed E-state index contributed by atoms with van der Waals surface area (Å²) in [6, 6.07) is 9.97. The second kappa shape index (κ2) is 13.4. The van der Waals surface area contributed by atoms with Crippen LogP contribution >= 0.6 is 35.3 Å². The number of nitrogens with zero attached hydrogens (tertiary/aromatic N) is 1. The van der Waals surface area contributed by atoms with Gasteiger partial charge in [0.25, 0.3) is 5.91 Å². The quantitative estimate of drug-likeness (QED) is 0.207. The van der Waals surface area contributed by atoms with Crippen LogP contribution in [0.5, 0.6) is 5.75 Å². The minimum Gasteiger partial charge on any atom is -0.496 e. The maximum absolute atomic E-state index is 11.8. The van der Waals surface area contributed by atoms with Gasteiger partial charge in [0.15, 0.2) is 5.96 Å². The summed E-state index contributed by atoms with van der Waals surface area (Å²) in [6.07, 6.45) is 1.71. The molecule has 2 rings (SSSR count). The van der Waals surface area contributed by atoms with Crippen LogP contribution in [0.25, 0.3) is 0 Å². The topological polar surface area (TPSA) is 74.8 Å². The Hall–Kier alpha value is -1.81. The van der Waals surface area contributed by atoms with E-state index in [1.54, 1.807) is 14.2 Å². The van der Waals surface area contributed by atoms with E-state index >= 15 is 0 Å². The Morgan fingerprint density at radius 2 is 1.89 bits per heavy atom. The molecule has 3 N–H and O–H groups in total. The molecule has 0 unspecified atom stereocenters. The molecule has 0 aliphatic rings. The fourth-order valence-corrected chi connectivity index (χ4v) is 3.20. The number of thiophene rings is 1. The molecule has 6 nitrogen and oxygen atoms in total. The number of benzene rings is 1. The normalized spacial score (nSPS) is 10.8. The first-order valence-corrected chi connectivity index (χ1v) is 9.91. The van der Waals surface area contributed by atoms with Crippen LogP contribution in [0.2, 0.25) is 0 Å². The van der Waals surface area contributed by atoms with E-state index in [-0.39, 0.29) is 29.9 Å². The Kier molecular flexibility index (Phi) is 11.6. The number of ether oxygens (including phenoxy) is 1. The summed E-state index contributed by atoms with van der Waals surface area (Å²) in [5.41, 5.74) is 2.36. The van der Waals surface area contributed by atoms with Crippen molar-refractivity contribution in [2.24, 2.45) is 4.99 Å². The molecule has 0 saturated carbocycles. The molecule has 1 amide bonds. The number of aryl methyl sites for hydroxylation is 1. The average Bonchev–Trinajstić information content (AvgIpc) is 3.22. The van der Waals surface area contributed by atoms with Crippen molar-refractivity contribution in [1.82, 2.24) is 16.0 Å². The van der Waals surface area contributed by atoms with Crippen LogP contribution < -0.4 is 20.7 Å². The van der Waals surface area contributed by atoms with Crippen LogP contribution in [0.3, 0.4) is 0 Å². The number of carbonyl (C=O) groups excluding carboxylic acids is 1. The average molecular weight is 516 g/mol. The number of amides is 1. The zero-order valence-corrected chi connectivity index (χ0v) is 19.7. The summed E-state index contributed by atoms with van der Waals surface area (Å²) in [5, 5.41) is 11.4. The van der Waals surface area contributed by atoms with E-state index in [2.05, 4.69) is 39.1 Å². The van der Waals surface area contributed by atoms with Crippen LogP contribution in [0.4, 0.5) is 0 Å². The third-order valence-corrected chi connectivity index (χ3v) is 4.95. The molecule has 0 atom stereocenters. The third-order valence-electron chi connectivity index (χ3n) is 4.08. The zero-order chi connectivity index (χ0) is 19.5. The lowest BCUT2D eigenvalue weighted by atomic mass is 10.1. The maximum Gasteiger partial charge on any atom is 0.261 e. The lowest BCUT2D eigenvalue weighted by Crippen LogP contribution is -2.39. The van der Waals surface area contributed by atoms with Crippen LogP contribution in [0.1, 0.15) is 27.2 Å². The first-order valence-electron chi connectivity index (χ1n) is 9.03. The predicted octanol–water partition coefficient (Wildman–Crippen LogP) is 3.21. The Balaban J connectivity index is 0.00000392. The number of nitrogens with one attached hydrogen (secondary N) is 3. The number of aliphatic imine (C=N–C) groups is 1. The molecule has 0 aliphatic carbocycles. The van der Waals surface area contributed by atoms with Crippen molar-refractivity contribution in [2.75, 3.05) is 33.8 Å². The van der Waals surface area contributed by atoms with Crippen LogP contribution in [0.15, 0.2) is 40.7 Å². The van der Waals surface area contributed by atoms with E-state index in [1.807, 2.05) is 24.4 Å². The third kappa shape index (κ3) is 8.05. The summed E-state index contributed by atoms with van der Waals surface area (Å²) < 4.78 is 5.36. The highest BCUT2D eigenvalue weighted by Crippen LogP contribution is 2.18. The second-order valence-corrected chi connectivity index (χ2v) is 7.01. The molecule has 0 saturated heterocycles. The summed E-state index contributed by atoms with van der Waals surface area (Å²) in [5.74, 6) is 1.67. The van der Waals surface area contributed by atoms with Crippen molar-refractivity contribution in [3.05, 3.63) is 51.7 Å². The number of methoxy groups -OCH3 is 1. The van der Waals surface area contributed by atoms with Crippen molar-refractivity contribution < 1.29 is 9.53 Å². The second-order valence-electron chi connectivity index (χ2n) is 6.07. The standard InChI is InChI=1S/C20H28N4O2S.HI/c1-15-7-8-16(14-17(15)26-3)9-12-24-20(21-2)23-11-5-10-22-19(25)18-6-4-13-27-18;/h4,6-8,13-14H,5,9-12H2,1-3H3,(H,22,25)(H2,21,23,24);1H. The number of rotatable bonds is 9. The van der Waals surface area contributed by atoms with E-state index in [0.29, 0.717) is 6.54 Å². The monoisotopic (exact) mass is 516 g/mol. The van der Waals surface area contributed by atoms with Crippen LogP contribution in [0, 0.1) is 6.92 Å². The summed E-state index contributed by atoms with van der Waals surface area (Å²) in [4.78, 5) is 16.8. The summed E-state index contributed by atoms with van der Waals surface area (Å²) in [7, 11) is 3.45. The number of hydrogen-bond donors (Lipinski definition) is 3. The van der Waals surface area contributed by atoms with Gasteiger partial charge in [-0.1, -0.05) is 18.2 Å². The molecule has 8 heteroatoms. The van der Waals surface area contributed by atoms with Crippen molar-refractivity contribution in [1.29, 1.82) is 0 Å². The van der Waals surface area contributed by atoms with E-state index < -0.39 is 0 Å². The Bertz CT molecular complexity index is 751. The molecular weight excluding hydrogens is 487 g/mol. The highest BCUT2D eigenvalue weighted by atomic mass is 127. The lowest BCUT2D eigenvalue weighted by Gasteiger charge is -2.13. The van der Waals surface area contributed by atoms with Gasteiger partial charge in [0.05, 0.1) is 12.0 Å². The Morgan fingerprint density at radius 3 is 2.57 bits per heavy atom.